The molecule has 2 saturated heterocycles. The number of aromatic nitrogens is 4. The minimum absolute atomic E-state index is 0.184. The smallest absolute Gasteiger partial charge is 0.406 e. The van der Waals surface area contributed by atoms with Gasteiger partial charge in [0.15, 0.2) is 5.82 Å². The van der Waals surface area contributed by atoms with Crippen LogP contribution in [0.4, 0.5) is 30.6 Å². The summed E-state index contributed by atoms with van der Waals surface area (Å²) in [5.41, 5.74) is 1.07. The van der Waals surface area contributed by atoms with E-state index in [1.54, 1.807) is 24.5 Å². The van der Waals surface area contributed by atoms with Crippen molar-refractivity contribution in [1.29, 1.82) is 0 Å². The first-order valence-corrected chi connectivity index (χ1v) is 11.6. The van der Waals surface area contributed by atoms with E-state index in [0.717, 1.165) is 42.7 Å². The Morgan fingerprint density at radius 1 is 1.09 bits per heavy atom. The molecule has 5 rings (SSSR count). The molecule has 1 N–H and O–H groups in total. The van der Waals surface area contributed by atoms with Crippen LogP contribution in [0, 0.1) is 5.41 Å². The third-order valence-electron chi connectivity index (χ3n) is 5.80. The van der Waals surface area contributed by atoms with Crippen LogP contribution in [0.15, 0.2) is 48.9 Å². The Hall–Kier alpha value is -3.08. The zero-order chi connectivity index (χ0) is 22.9. The fraction of sp³-hybridized carbons (Fsp3) is 0.364. The zero-order valence-corrected chi connectivity index (χ0v) is 18.4. The lowest BCUT2D eigenvalue weighted by Gasteiger charge is -2.24. The molecule has 1 unspecified atom stereocenters. The van der Waals surface area contributed by atoms with Crippen molar-refractivity contribution >= 4 is 29.2 Å². The Morgan fingerprint density at radius 3 is 2.76 bits per heavy atom. The Labute approximate surface area is 192 Å². The molecule has 0 amide bonds. The summed E-state index contributed by atoms with van der Waals surface area (Å²) in [6.07, 6.45) is 2.14. The molecule has 11 heteroatoms. The van der Waals surface area contributed by atoms with Crippen LogP contribution in [-0.4, -0.2) is 50.9 Å². The van der Waals surface area contributed by atoms with Crippen LogP contribution in [0.25, 0.3) is 11.4 Å². The van der Waals surface area contributed by atoms with Gasteiger partial charge in [-0.15, -0.1) is 13.2 Å². The highest BCUT2D eigenvalue weighted by Gasteiger charge is 2.41. The number of pyridine rings is 2. The molecule has 1 atom stereocenters. The number of nitrogens with one attached hydrogen (secondary N) is 1. The molecule has 1 spiro atoms. The van der Waals surface area contributed by atoms with E-state index in [4.69, 9.17) is 4.98 Å². The maximum atomic E-state index is 12.6. The summed E-state index contributed by atoms with van der Waals surface area (Å²) in [6.45, 7) is 1.83. The van der Waals surface area contributed by atoms with E-state index in [0.29, 0.717) is 17.1 Å². The molecule has 0 radical (unpaired) electrons. The van der Waals surface area contributed by atoms with Crippen molar-refractivity contribution in [3.63, 3.8) is 0 Å². The lowest BCUT2D eigenvalue weighted by molar-refractivity contribution is -0.274. The average molecular weight is 475 g/mol. The van der Waals surface area contributed by atoms with E-state index >= 15 is 0 Å². The van der Waals surface area contributed by atoms with E-state index in [1.807, 2.05) is 17.8 Å². The minimum atomic E-state index is -4.78. The Kier molecular flexibility index (Phi) is 5.73. The number of halogens is 3. The van der Waals surface area contributed by atoms with Crippen LogP contribution in [0.3, 0.4) is 0 Å². The van der Waals surface area contributed by atoms with Gasteiger partial charge in [-0.1, -0.05) is 0 Å². The van der Waals surface area contributed by atoms with Gasteiger partial charge in [-0.25, -0.2) is 15.0 Å². The second-order valence-corrected chi connectivity index (χ2v) is 9.31. The number of nitrogens with zero attached hydrogens (tertiary/aromatic N) is 5. The van der Waals surface area contributed by atoms with E-state index in [9.17, 15) is 13.2 Å². The van der Waals surface area contributed by atoms with Gasteiger partial charge in [0, 0.05) is 55.1 Å². The van der Waals surface area contributed by atoms with Crippen LogP contribution < -0.4 is 15.0 Å². The second kappa shape index (κ2) is 8.69. The van der Waals surface area contributed by atoms with Gasteiger partial charge in [-0.3, -0.25) is 4.98 Å². The van der Waals surface area contributed by atoms with Crippen molar-refractivity contribution in [2.75, 3.05) is 34.8 Å². The summed E-state index contributed by atoms with van der Waals surface area (Å²) < 4.78 is 41.8. The van der Waals surface area contributed by atoms with Gasteiger partial charge in [0.1, 0.15) is 23.2 Å². The van der Waals surface area contributed by atoms with Crippen molar-refractivity contribution in [2.45, 2.75) is 19.2 Å². The molecule has 2 aliphatic rings. The standard InChI is InChI=1S/C22H21F3N6OS/c23-22(24,25)32-16-3-7-27-17(10-16)28-18-11-19(30-20(29-18)15-2-1-6-26-12-15)31-8-4-21(13-31)5-9-33-14-21/h1-3,6-7,10-12H,4-5,8-9,13-14H2,(H,27,28,29,30). The van der Waals surface area contributed by atoms with Gasteiger partial charge < -0.3 is 15.0 Å². The molecule has 2 fully saturated rings. The molecular weight excluding hydrogens is 453 g/mol. The molecule has 0 aliphatic carbocycles. The summed E-state index contributed by atoms with van der Waals surface area (Å²) in [7, 11) is 0. The molecule has 0 aromatic carbocycles. The first-order valence-electron chi connectivity index (χ1n) is 10.5. The molecule has 3 aromatic rings. The van der Waals surface area contributed by atoms with Gasteiger partial charge in [0.2, 0.25) is 0 Å². The maximum Gasteiger partial charge on any atom is 0.573 e. The average Bonchev–Trinajstić information content (AvgIpc) is 3.43. The summed E-state index contributed by atoms with van der Waals surface area (Å²) in [5.74, 6) is 3.84. The Balaban J connectivity index is 1.46. The first kappa shape index (κ1) is 21.7. The van der Waals surface area contributed by atoms with E-state index in [1.165, 1.54) is 24.4 Å². The largest absolute Gasteiger partial charge is 0.573 e. The maximum absolute atomic E-state index is 12.6. The molecular formula is C22H21F3N6OS. The highest BCUT2D eigenvalue weighted by molar-refractivity contribution is 7.99. The molecule has 33 heavy (non-hydrogen) atoms. The van der Waals surface area contributed by atoms with Crippen LogP contribution in [0.2, 0.25) is 0 Å². The number of hydrogen-bond donors (Lipinski definition) is 1. The topological polar surface area (TPSA) is 76.1 Å². The van der Waals surface area contributed by atoms with Crippen molar-refractivity contribution in [1.82, 2.24) is 19.9 Å². The molecule has 5 heterocycles. The number of alkyl halides is 3. The highest BCUT2D eigenvalue weighted by Crippen LogP contribution is 2.44. The van der Waals surface area contributed by atoms with Gasteiger partial charge in [-0.05, 0) is 42.2 Å². The van der Waals surface area contributed by atoms with E-state index in [-0.39, 0.29) is 11.6 Å². The molecule has 0 bridgehead atoms. The van der Waals surface area contributed by atoms with Crippen LogP contribution in [0.5, 0.6) is 5.75 Å². The van der Waals surface area contributed by atoms with E-state index < -0.39 is 6.36 Å². The molecule has 7 nitrogen and oxygen atoms in total. The Morgan fingerprint density at radius 2 is 2.00 bits per heavy atom. The van der Waals surface area contributed by atoms with Crippen molar-refractivity contribution < 1.29 is 17.9 Å². The van der Waals surface area contributed by atoms with E-state index in [2.05, 4.69) is 29.9 Å². The summed E-state index contributed by atoms with van der Waals surface area (Å²) >= 11 is 2.00. The quantitative estimate of drug-likeness (QED) is 0.559. The van der Waals surface area contributed by atoms with Gasteiger partial charge in [0.05, 0.1) is 0 Å². The van der Waals surface area contributed by atoms with Crippen molar-refractivity contribution in [3.05, 3.63) is 48.9 Å². The highest BCUT2D eigenvalue weighted by atomic mass is 32.2. The molecule has 2 aliphatic heterocycles. The fourth-order valence-electron chi connectivity index (χ4n) is 4.19. The van der Waals surface area contributed by atoms with Crippen molar-refractivity contribution in [2.24, 2.45) is 5.41 Å². The number of thioether (sulfide) groups is 1. The van der Waals surface area contributed by atoms with Crippen LogP contribution >= 0.6 is 11.8 Å². The number of rotatable bonds is 5. The normalized spacial score (nSPS) is 20.4. The molecule has 3 aromatic heterocycles. The third kappa shape index (κ3) is 5.13. The minimum Gasteiger partial charge on any atom is -0.406 e. The summed E-state index contributed by atoms with van der Waals surface area (Å²) in [4.78, 5) is 19.9. The number of ether oxygens (including phenoxy) is 1. The fourth-order valence-corrected chi connectivity index (χ4v) is 5.73. The molecule has 172 valence electrons. The monoisotopic (exact) mass is 474 g/mol. The third-order valence-corrected chi connectivity index (χ3v) is 7.11. The van der Waals surface area contributed by atoms with Crippen molar-refractivity contribution in [3.8, 4) is 17.1 Å². The molecule has 0 saturated carbocycles. The number of hydrogen-bond acceptors (Lipinski definition) is 8. The first-order chi connectivity index (χ1) is 15.9. The summed E-state index contributed by atoms with van der Waals surface area (Å²) in [5, 5.41) is 3.00. The van der Waals surface area contributed by atoms with Gasteiger partial charge in [-0.2, -0.15) is 11.8 Å². The zero-order valence-electron chi connectivity index (χ0n) is 17.5. The SMILES string of the molecule is FC(F)(F)Oc1ccnc(Nc2cc(N3CCC4(CCSC4)C3)nc(-c3cccnc3)n2)c1. The second-order valence-electron chi connectivity index (χ2n) is 8.20. The summed E-state index contributed by atoms with van der Waals surface area (Å²) in [6, 6.07) is 7.80. The van der Waals surface area contributed by atoms with Crippen LogP contribution in [-0.2, 0) is 0 Å². The predicted octanol–water partition coefficient (Wildman–Crippen LogP) is 4.91. The van der Waals surface area contributed by atoms with Gasteiger partial charge in [0.25, 0.3) is 0 Å². The lowest BCUT2D eigenvalue weighted by atomic mass is 9.87. The Bertz CT molecular complexity index is 1120. The number of anilines is 3. The lowest BCUT2D eigenvalue weighted by Crippen LogP contribution is -2.27. The van der Waals surface area contributed by atoms with Crippen LogP contribution in [0.1, 0.15) is 12.8 Å². The predicted molar refractivity (Wildman–Crippen MR) is 121 cm³/mol. The van der Waals surface area contributed by atoms with Gasteiger partial charge >= 0.3 is 6.36 Å².